The Morgan fingerprint density at radius 1 is 1.30 bits per heavy atom. The van der Waals surface area contributed by atoms with Gasteiger partial charge in [-0.2, -0.15) is 5.26 Å². The number of amides is 1. The molecule has 1 fully saturated rings. The molecule has 0 bridgehead atoms. The van der Waals surface area contributed by atoms with Gasteiger partial charge in [-0.3, -0.25) is 9.36 Å². The number of carbonyl (C=O) groups excluding carboxylic acids is 1. The molecule has 2 aliphatic carbocycles. The van der Waals surface area contributed by atoms with E-state index in [1.54, 1.807) is 17.4 Å². The van der Waals surface area contributed by atoms with Crippen LogP contribution in [0.2, 0.25) is 0 Å². The van der Waals surface area contributed by atoms with E-state index in [1.807, 2.05) is 28.8 Å². The van der Waals surface area contributed by atoms with Crippen molar-refractivity contribution in [2.45, 2.75) is 69.7 Å². The minimum absolute atomic E-state index is 0.156. The maximum atomic E-state index is 12.8. The Balaban J connectivity index is 1.25. The number of fused-ring (bicyclic) bond motifs is 1. The van der Waals surface area contributed by atoms with Crippen LogP contribution in [-0.4, -0.2) is 32.5 Å². The number of benzene rings is 1. The molecule has 1 aromatic carbocycles. The summed E-state index contributed by atoms with van der Waals surface area (Å²) >= 11 is 2.87. The van der Waals surface area contributed by atoms with Gasteiger partial charge in [0, 0.05) is 17.0 Å². The predicted molar refractivity (Wildman–Crippen MR) is 148 cm³/mol. The highest BCUT2D eigenvalue weighted by Crippen LogP contribution is 2.39. The third-order valence-electron chi connectivity index (χ3n) is 6.95. The van der Waals surface area contributed by atoms with Gasteiger partial charge in [-0.25, -0.2) is 0 Å². The maximum Gasteiger partial charge on any atom is 0.235 e. The number of rotatable bonds is 9. The Morgan fingerprint density at radius 2 is 2.08 bits per heavy atom. The van der Waals surface area contributed by atoms with Crippen LogP contribution in [0.1, 0.15) is 55.0 Å². The summed E-state index contributed by atoms with van der Waals surface area (Å²) in [5.41, 5.74) is 2.67. The summed E-state index contributed by atoms with van der Waals surface area (Å²) in [4.78, 5) is 14.1. The lowest BCUT2D eigenvalue weighted by atomic mass is 9.89. The lowest BCUT2D eigenvalue weighted by Crippen LogP contribution is -2.15. The predicted octanol–water partition coefficient (Wildman–Crippen LogP) is 6.24. The molecule has 1 saturated carbocycles. The van der Waals surface area contributed by atoms with E-state index in [-0.39, 0.29) is 11.7 Å². The molecule has 1 unspecified atom stereocenters. The largest absolute Gasteiger partial charge is 0.490 e. The molecule has 9 heteroatoms. The first-order chi connectivity index (χ1) is 18.1. The number of carbonyl (C=O) groups is 1. The van der Waals surface area contributed by atoms with E-state index in [2.05, 4.69) is 35.1 Å². The summed E-state index contributed by atoms with van der Waals surface area (Å²) in [6.07, 6.45) is 9.79. The number of aromatic nitrogens is 3. The molecule has 1 N–H and O–H groups in total. The van der Waals surface area contributed by atoms with Crippen LogP contribution in [0.25, 0.3) is 11.4 Å². The number of nitrogens with one attached hydrogen (secondary N) is 1. The quantitative estimate of drug-likeness (QED) is 0.258. The maximum absolute atomic E-state index is 12.8. The van der Waals surface area contributed by atoms with Crippen LogP contribution in [0, 0.1) is 17.2 Å². The summed E-state index contributed by atoms with van der Waals surface area (Å²) in [6, 6.07) is 10.3. The van der Waals surface area contributed by atoms with Crippen LogP contribution in [-0.2, 0) is 24.2 Å². The van der Waals surface area contributed by atoms with Gasteiger partial charge in [0.25, 0.3) is 0 Å². The first-order valence-corrected chi connectivity index (χ1v) is 14.6. The van der Waals surface area contributed by atoms with E-state index in [1.165, 1.54) is 29.5 Å². The minimum atomic E-state index is -0.156. The fourth-order valence-electron chi connectivity index (χ4n) is 5.03. The van der Waals surface area contributed by atoms with E-state index < -0.39 is 0 Å². The van der Waals surface area contributed by atoms with Gasteiger partial charge in [0.1, 0.15) is 16.8 Å². The van der Waals surface area contributed by atoms with Gasteiger partial charge in [-0.05, 0) is 80.7 Å². The second-order valence-electron chi connectivity index (χ2n) is 9.76. The number of thiophene rings is 1. The molecular weight excluding hydrogens is 502 g/mol. The Hall–Kier alpha value is -3.09. The fraction of sp³-hybridized carbons (Fsp3) is 0.429. The fourth-order valence-corrected chi connectivity index (χ4v) is 7.16. The van der Waals surface area contributed by atoms with E-state index in [0.29, 0.717) is 34.3 Å². The van der Waals surface area contributed by atoms with Crippen molar-refractivity contribution in [3.05, 3.63) is 52.9 Å². The van der Waals surface area contributed by atoms with Crippen molar-refractivity contribution in [3.8, 4) is 23.2 Å². The first kappa shape index (κ1) is 25.6. The van der Waals surface area contributed by atoms with Gasteiger partial charge < -0.3 is 10.1 Å². The third kappa shape index (κ3) is 5.76. The van der Waals surface area contributed by atoms with Crippen molar-refractivity contribution >= 4 is 34.0 Å². The van der Waals surface area contributed by atoms with Gasteiger partial charge in [0.2, 0.25) is 5.91 Å². The highest BCUT2D eigenvalue weighted by Gasteiger charge is 2.25. The average Bonchev–Trinajstić information content (AvgIpc) is 3.62. The molecule has 1 atom stereocenters. The van der Waals surface area contributed by atoms with Gasteiger partial charge in [0.05, 0.1) is 17.4 Å². The van der Waals surface area contributed by atoms with Crippen LogP contribution in [0.15, 0.2) is 42.1 Å². The van der Waals surface area contributed by atoms with E-state index in [4.69, 9.17) is 4.74 Å². The number of nitrogens with zero attached hydrogens (tertiary/aromatic N) is 4. The topological polar surface area (TPSA) is 92.8 Å². The van der Waals surface area contributed by atoms with Crippen LogP contribution in [0.3, 0.4) is 0 Å². The molecule has 2 aromatic heterocycles. The monoisotopic (exact) mass is 533 g/mol. The van der Waals surface area contributed by atoms with Crippen LogP contribution in [0.5, 0.6) is 5.75 Å². The summed E-state index contributed by atoms with van der Waals surface area (Å²) < 4.78 is 8.05. The molecular formula is C28H31N5O2S2. The van der Waals surface area contributed by atoms with Crippen molar-refractivity contribution in [1.82, 2.24) is 14.8 Å². The molecule has 0 radical (unpaired) electrons. The summed E-state index contributed by atoms with van der Waals surface area (Å²) in [7, 11) is 0. The van der Waals surface area contributed by atoms with Crippen LogP contribution < -0.4 is 10.1 Å². The molecule has 3 aromatic rings. The highest BCUT2D eigenvalue weighted by molar-refractivity contribution is 7.99. The number of hydrogen-bond donors (Lipinski definition) is 1. The average molecular weight is 534 g/mol. The van der Waals surface area contributed by atoms with Crippen LogP contribution in [0.4, 0.5) is 5.00 Å². The zero-order valence-electron chi connectivity index (χ0n) is 21.0. The summed E-state index contributed by atoms with van der Waals surface area (Å²) in [6.45, 7) is 6.64. The lowest BCUT2D eigenvalue weighted by Gasteiger charge is -2.17. The Kier molecular flexibility index (Phi) is 7.96. The second kappa shape index (κ2) is 11.5. The van der Waals surface area contributed by atoms with Gasteiger partial charge in [0.15, 0.2) is 11.0 Å². The number of ether oxygens (including phenoxy) is 1. The molecule has 2 aliphatic rings. The van der Waals surface area contributed by atoms with Gasteiger partial charge in [-0.1, -0.05) is 24.8 Å². The highest BCUT2D eigenvalue weighted by atomic mass is 32.2. The SMILES string of the molecule is C=CCn1c(SCC(=O)Nc2sc3c(c2C#N)CCC(C)C3)nnc1-c1ccc(OC2CCCC2)cc1. The van der Waals surface area contributed by atoms with Crippen molar-refractivity contribution in [2.75, 3.05) is 11.1 Å². The molecule has 5 rings (SSSR count). The minimum Gasteiger partial charge on any atom is -0.490 e. The molecule has 192 valence electrons. The molecule has 0 aliphatic heterocycles. The normalized spacial score (nSPS) is 17.2. The van der Waals surface area contributed by atoms with E-state index in [9.17, 15) is 10.1 Å². The van der Waals surface area contributed by atoms with Crippen molar-refractivity contribution in [1.29, 1.82) is 5.26 Å². The van der Waals surface area contributed by atoms with Crippen LogP contribution >= 0.6 is 23.1 Å². The molecule has 0 saturated heterocycles. The number of nitriles is 1. The molecule has 2 heterocycles. The van der Waals surface area contributed by atoms with E-state index in [0.717, 1.165) is 54.8 Å². The Bertz CT molecular complexity index is 1320. The smallest absolute Gasteiger partial charge is 0.235 e. The Morgan fingerprint density at radius 3 is 2.81 bits per heavy atom. The molecule has 37 heavy (non-hydrogen) atoms. The summed E-state index contributed by atoms with van der Waals surface area (Å²) in [5, 5.41) is 22.8. The number of allylic oxidation sites excluding steroid dienone is 1. The number of hydrogen-bond acceptors (Lipinski definition) is 7. The van der Waals surface area contributed by atoms with Gasteiger partial charge in [-0.15, -0.1) is 28.1 Å². The Labute approximate surface area is 225 Å². The number of thioether (sulfide) groups is 1. The summed E-state index contributed by atoms with van der Waals surface area (Å²) in [5.74, 6) is 2.22. The third-order valence-corrected chi connectivity index (χ3v) is 9.09. The van der Waals surface area contributed by atoms with E-state index >= 15 is 0 Å². The first-order valence-electron chi connectivity index (χ1n) is 12.8. The second-order valence-corrected chi connectivity index (χ2v) is 11.8. The van der Waals surface area contributed by atoms with Crippen molar-refractivity contribution in [3.63, 3.8) is 0 Å². The molecule has 0 spiro atoms. The zero-order valence-corrected chi connectivity index (χ0v) is 22.7. The number of anilines is 1. The zero-order chi connectivity index (χ0) is 25.8. The van der Waals surface area contributed by atoms with Crippen molar-refractivity contribution < 1.29 is 9.53 Å². The molecule has 7 nitrogen and oxygen atoms in total. The standard InChI is InChI=1S/C28H31N5O2S2/c1-3-14-33-26(19-9-11-21(12-10-19)35-20-6-4-5-7-20)31-32-28(33)36-17-25(34)30-27-23(16-29)22-13-8-18(2)15-24(22)37-27/h3,9-12,18,20H,1,4-8,13-15,17H2,2H3,(H,30,34). The molecule has 1 amide bonds. The lowest BCUT2D eigenvalue weighted by molar-refractivity contribution is -0.113. The van der Waals surface area contributed by atoms with Crippen molar-refractivity contribution in [2.24, 2.45) is 5.92 Å². The van der Waals surface area contributed by atoms with Gasteiger partial charge >= 0.3 is 0 Å².